The summed E-state index contributed by atoms with van der Waals surface area (Å²) in [5.41, 5.74) is 3.07. The number of rotatable bonds is 5. The Labute approximate surface area is 174 Å². The monoisotopic (exact) mass is 414 g/mol. The van der Waals surface area contributed by atoms with E-state index in [9.17, 15) is 4.79 Å². The number of nitrogens with zero attached hydrogens (tertiary/aromatic N) is 1. The van der Waals surface area contributed by atoms with Gasteiger partial charge >= 0.3 is 0 Å². The molecule has 0 spiro atoms. The van der Waals surface area contributed by atoms with Crippen molar-refractivity contribution in [3.05, 3.63) is 93.4 Å². The molecule has 2 heterocycles. The van der Waals surface area contributed by atoms with Crippen LogP contribution in [-0.2, 0) is 13.0 Å². The predicted octanol–water partition coefficient (Wildman–Crippen LogP) is 5.12. The second-order valence-corrected chi connectivity index (χ2v) is 7.70. The van der Waals surface area contributed by atoms with Gasteiger partial charge in [0.05, 0.1) is 22.9 Å². The highest BCUT2D eigenvalue weighted by atomic mass is 35.5. The Balaban J connectivity index is 1.52. The first-order valence-corrected chi connectivity index (χ1v) is 9.95. The van der Waals surface area contributed by atoms with E-state index in [1.807, 2.05) is 12.1 Å². The van der Waals surface area contributed by atoms with Crippen LogP contribution in [-0.4, -0.2) is 23.9 Å². The van der Waals surface area contributed by atoms with Crippen LogP contribution in [0.15, 0.2) is 65.3 Å². The Morgan fingerprint density at radius 2 is 1.93 bits per heavy atom. The van der Waals surface area contributed by atoms with Crippen molar-refractivity contribution < 1.29 is 9.21 Å². The fourth-order valence-electron chi connectivity index (χ4n) is 3.63. The van der Waals surface area contributed by atoms with Crippen LogP contribution in [0.4, 0.5) is 0 Å². The van der Waals surface area contributed by atoms with Crippen LogP contribution in [0.3, 0.4) is 0 Å². The molecule has 28 heavy (non-hydrogen) atoms. The van der Waals surface area contributed by atoms with Crippen LogP contribution in [0.1, 0.15) is 33.3 Å². The number of nitrogens with one attached hydrogen (secondary N) is 1. The predicted molar refractivity (Wildman–Crippen MR) is 111 cm³/mol. The van der Waals surface area contributed by atoms with Crippen molar-refractivity contribution >= 4 is 29.1 Å². The molecule has 2 aromatic carbocycles. The van der Waals surface area contributed by atoms with E-state index in [0.29, 0.717) is 22.2 Å². The van der Waals surface area contributed by atoms with Gasteiger partial charge in [-0.15, -0.1) is 0 Å². The lowest BCUT2D eigenvalue weighted by Crippen LogP contribution is -2.40. The Morgan fingerprint density at radius 3 is 2.71 bits per heavy atom. The van der Waals surface area contributed by atoms with Gasteiger partial charge in [-0.3, -0.25) is 9.69 Å². The largest absolute Gasteiger partial charge is 0.468 e. The first-order chi connectivity index (χ1) is 13.6. The van der Waals surface area contributed by atoms with E-state index in [0.717, 1.165) is 25.3 Å². The van der Waals surface area contributed by atoms with Gasteiger partial charge in [-0.05, 0) is 47.9 Å². The van der Waals surface area contributed by atoms with Gasteiger partial charge in [0.1, 0.15) is 5.76 Å². The molecule has 1 atom stereocenters. The number of carbonyl (C=O) groups excluding carboxylic acids is 1. The molecule has 0 radical (unpaired) electrons. The molecule has 1 aliphatic rings. The maximum atomic E-state index is 12.7. The molecular weight excluding hydrogens is 395 g/mol. The minimum atomic E-state index is -0.249. The van der Waals surface area contributed by atoms with Crippen LogP contribution in [0, 0.1) is 0 Å². The normalized spacial score (nSPS) is 15.1. The number of benzene rings is 2. The highest BCUT2D eigenvalue weighted by Crippen LogP contribution is 2.28. The average molecular weight is 415 g/mol. The summed E-state index contributed by atoms with van der Waals surface area (Å²) in [7, 11) is 0. The van der Waals surface area contributed by atoms with Crippen molar-refractivity contribution in [2.24, 2.45) is 0 Å². The van der Waals surface area contributed by atoms with Crippen molar-refractivity contribution in [2.45, 2.75) is 19.0 Å². The Hall–Kier alpha value is -2.27. The van der Waals surface area contributed by atoms with E-state index in [4.69, 9.17) is 27.6 Å². The fraction of sp³-hybridized carbons (Fsp3) is 0.227. The molecule has 0 fully saturated rings. The van der Waals surface area contributed by atoms with Crippen LogP contribution in [0.5, 0.6) is 0 Å². The molecule has 0 saturated carbocycles. The molecule has 0 bridgehead atoms. The van der Waals surface area contributed by atoms with Gasteiger partial charge in [-0.25, -0.2) is 0 Å². The molecule has 1 aliphatic heterocycles. The van der Waals surface area contributed by atoms with Crippen molar-refractivity contribution in [3.8, 4) is 0 Å². The van der Waals surface area contributed by atoms with E-state index < -0.39 is 0 Å². The Morgan fingerprint density at radius 1 is 1.11 bits per heavy atom. The molecule has 0 unspecified atom stereocenters. The van der Waals surface area contributed by atoms with E-state index >= 15 is 0 Å². The Bertz CT molecular complexity index is 972. The van der Waals surface area contributed by atoms with Gasteiger partial charge in [-0.1, -0.05) is 47.5 Å². The molecule has 6 heteroatoms. The van der Waals surface area contributed by atoms with Crippen molar-refractivity contribution in [1.29, 1.82) is 0 Å². The molecule has 4 nitrogen and oxygen atoms in total. The number of halogens is 2. The summed E-state index contributed by atoms with van der Waals surface area (Å²) in [6, 6.07) is 17.1. The van der Waals surface area contributed by atoms with Crippen LogP contribution in [0.2, 0.25) is 10.0 Å². The molecule has 1 amide bonds. The van der Waals surface area contributed by atoms with Gasteiger partial charge < -0.3 is 9.73 Å². The maximum Gasteiger partial charge on any atom is 0.252 e. The topological polar surface area (TPSA) is 45.5 Å². The summed E-state index contributed by atoms with van der Waals surface area (Å²) in [6.07, 6.45) is 2.64. The van der Waals surface area contributed by atoms with Gasteiger partial charge in [0.15, 0.2) is 0 Å². The minimum Gasteiger partial charge on any atom is -0.468 e. The smallest absolute Gasteiger partial charge is 0.252 e. The molecule has 4 rings (SSSR count). The van der Waals surface area contributed by atoms with Gasteiger partial charge in [-0.2, -0.15) is 0 Å². The summed E-state index contributed by atoms with van der Waals surface area (Å²) in [5.74, 6) is 0.582. The van der Waals surface area contributed by atoms with Crippen molar-refractivity contribution in [2.75, 3.05) is 13.1 Å². The van der Waals surface area contributed by atoms with Gasteiger partial charge in [0.2, 0.25) is 0 Å². The first-order valence-electron chi connectivity index (χ1n) is 9.19. The molecule has 1 N–H and O–H groups in total. The van der Waals surface area contributed by atoms with Crippen molar-refractivity contribution in [3.63, 3.8) is 0 Å². The number of amides is 1. The maximum absolute atomic E-state index is 12.7. The number of hydrogen-bond donors (Lipinski definition) is 1. The van der Waals surface area contributed by atoms with Crippen LogP contribution in [0.25, 0.3) is 0 Å². The van der Waals surface area contributed by atoms with Gasteiger partial charge in [0.25, 0.3) is 5.91 Å². The zero-order valence-corrected chi connectivity index (χ0v) is 16.7. The highest BCUT2D eigenvalue weighted by Gasteiger charge is 2.27. The third kappa shape index (κ3) is 4.09. The number of furan rings is 1. The summed E-state index contributed by atoms with van der Waals surface area (Å²) in [5, 5.41) is 3.85. The van der Waals surface area contributed by atoms with Crippen LogP contribution >= 0.6 is 23.2 Å². The first kappa shape index (κ1) is 19.1. The standard InChI is InChI=1S/C22H20Cl2N2O2/c23-17-7-8-19(24)18(12-17)22(27)25-13-20(21-6-3-11-28-21)26-10-9-15-4-1-2-5-16(15)14-26/h1-8,11-12,20H,9-10,13-14H2,(H,25,27)/t20-/m0/s1. The fourth-order valence-corrected chi connectivity index (χ4v) is 4.01. The second-order valence-electron chi connectivity index (χ2n) is 6.85. The molecule has 0 saturated heterocycles. The minimum absolute atomic E-state index is 0.0646. The zero-order chi connectivity index (χ0) is 19.5. The van der Waals surface area contributed by atoms with E-state index in [1.54, 1.807) is 24.5 Å². The molecule has 144 valence electrons. The molecule has 3 aromatic rings. The lowest BCUT2D eigenvalue weighted by Gasteiger charge is -2.34. The van der Waals surface area contributed by atoms with Gasteiger partial charge in [0, 0.05) is 24.7 Å². The SMILES string of the molecule is O=C(NC[C@@H](c1ccco1)N1CCc2ccccc2C1)c1cc(Cl)ccc1Cl. The zero-order valence-electron chi connectivity index (χ0n) is 15.2. The molecule has 1 aromatic heterocycles. The molecular formula is C22H20Cl2N2O2. The summed E-state index contributed by atoms with van der Waals surface area (Å²) in [4.78, 5) is 15.0. The number of carbonyl (C=O) groups is 1. The Kier molecular flexibility index (Phi) is 5.72. The van der Waals surface area contributed by atoms with E-state index in [2.05, 4.69) is 34.5 Å². The lowest BCUT2D eigenvalue weighted by molar-refractivity contribution is 0.0919. The summed E-state index contributed by atoms with van der Waals surface area (Å²) in [6.45, 7) is 2.13. The average Bonchev–Trinajstić information content (AvgIpc) is 3.24. The van der Waals surface area contributed by atoms with Crippen molar-refractivity contribution in [1.82, 2.24) is 10.2 Å². The molecule has 0 aliphatic carbocycles. The lowest BCUT2D eigenvalue weighted by atomic mass is 9.98. The van der Waals surface area contributed by atoms with Crippen LogP contribution < -0.4 is 5.32 Å². The summed E-state index contributed by atoms with van der Waals surface area (Å²) < 4.78 is 5.68. The van der Waals surface area contributed by atoms with E-state index in [1.165, 1.54) is 11.1 Å². The summed E-state index contributed by atoms with van der Waals surface area (Å²) >= 11 is 12.2. The van der Waals surface area contributed by atoms with E-state index in [-0.39, 0.29) is 11.9 Å². The second kappa shape index (κ2) is 8.39. The quantitative estimate of drug-likeness (QED) is 0.630. The number of fused-ring (bicyclic) bond motifs is 1. The third-order valence-electron chi connectivity index (χ3n) is 5.10. The highest BCUT2D eigenvalue weighted by molar-refractivity contribution is 6.35. The third-order valence-corrected chi connectivity index (χ3v) is 5.67. The number of hydrogen-bond acceptors (Lipinski definition) is 3.